The second-order valence-electron chi connectivity index (χ2n) is 8.09. The molecule has 0 N–H and O–H groups in total. The molecule has 0 aliphatic rings. The zero-order valence-electron chi connectivity index (χ0n) is 19.5. The van der Waals surface area contributed by atoms with Crippen molar-refractivity contribution in [1.82, 2.24) is 0 Å². The number of carboxylic acids is 1. The van der Waals surface area contributed by atoms with Crippen LogP contribution in [0.5, 0.6) is 0 Å². The third kappa shape index (κ3) is 6.92. The molecule has 0 saturated carbocycles. The Kier molecular flexibility index (Phi) is 9.02. The first-order valence-electron chi connectivity index (χ1n) is 11.7. The first-order chi connectivity index (χ1) is 16.1. The summed E-state index contributed by atoms with van der Waals surface area (Å²) in [6.07, 6.45) is 4.54. The van der Waals surface area contributed by atoms with Gasteiger partial charge in [0.15, 0.2) is 0 Å². The lowest BCUT2D eigenvalue weighted by molar-refractivity contribution is -0.254. The standard InChI is InChI=1S/C16H16O2.C15H16/c1-2-5-12-8-10-13(11-9-12)14-6-3-4-7-15(14)16(17)18;1-2-6-13-9-11-15(12-10-13)14-7-4-3-5-8-14/h3-4,6-11H,2,5H2,1H3,(H,17,18);3-5,7-12H,2,6H2,1H3/p-1. The molecule has 4 aromatic carbocycles. The number of rotatable bonds is 7. The highest BCUT2D eigenvalue weighted by atomic mass is 16.4. The van der Waals surface area contributed by atoms with Gasteiger partial charge >= 0.3 is 0 Å². The van der Waals surface area contributed by atoms with E-state index in [1.807, 2.05) is 30.3 Å². The van der Waals surface area contributed by atoms with Gasteiger partial charge in [-0.15, -0.1) is 0 Å². The Hall–Kier alpha value is -3.65. The molecule has 0 radical (unpaired) electrons. The van der Waals surface area contributed by atoms with Gasteiger partial charge in [-0.25, -0.2) is 0 Å². The summed E-state index contributed by atoms with van der Waals surface area (Å²) in [5.41, 5.74) is 7.15. The van der Waals surface area contributed by atoms with Crippen LogP contribution in [0.1, 0.15) is 48.2 Å². The number of carboxylic acid groups (broad SMARTS) is 1. The lowest BCUT2D eigenvalue weighted by atomic mass is 9.98. The fourth-order valence-electron chi connectivity index (χ4n) is 3.84. The molecular weight excluding hydrogens is 404 g/mol. The summed E-state index contributed by atoms with van der Waals surface area (Å²) >= 11 is 0. The smallest absolute Gasteiger partial charge is 0.0721 e. The molecule has 2 heteroatoms. The lowest BCUT2D eigenvalue weighted by Gasteiger charge is -2.10. The largest absolute Gasteiger partial charge is 0.545 e. The van der Waals surface area contributed by atoms with Crippen LogP contribution in [0.2, 0.25) is 0 Å². The summed E-state index contributed by atoms with van der Waals surface area (Å²) in [6.45, 7) is 4.35. The fourth-order valence-corrected chi connectivity index (χ4v) is 3.84. The van der Waals surface area contributed by atoms with Crippen molar-refractivity contribution in [2.24, 2.45) is 0 Å². The summed E-state index contributed by atoms with van der Waals surface area (Å²) in [5, 5.41) is 11.1. The van der Waals surface area contributed by atoms with E-state index in [4.69, 9.17) is 0 Å². The van der Waals surface area contributed by atoms with Gasteiger partial charge in [0, 0.05) is 5.56 Å². The van der Waals surface area contributed by atoms with Gasteiger partial charge in [0.25, 0.3) is 0 Å². The van der Waals surface area contributed by atoms with E-state index in [0.717, 1.165) is 18.4 Å². The quantitative estimate of drug-likeness (QED) is 0.314. The van der Waals surface area contributed by atoms with Crippen molar-refractivity contribution in [1.29, 1.82) is 0 Å². The minimum absolute atomic E-state index is 0.237. The summed E-state index contributed by atoms with van der Waals surface area (Å²) in [7, 11) is 0. The maximum Gasteiger partial charge on any atom is 0.0721 e. The predicted molar refractivity (Wildman–Crippen MR) is 136 cm³/mol. The molecule has 0 atom stereocenters. The Morgan fingerprint density at radius 3 is 1.55 bits per heavy atom. The van der Waals surface area contributed by atoms with Crippen molar-refractivity contribution in [2.75, 3.05) is 0 Å². The fraction of sp³-hybridized carbons (Fsp3) is 0.194. The first-order valence-corrected chi connectivity index (χ1v) is 11.7. The molecule has 2 nitrogen and oxygen atoms in total. The average molecular weight is 436 g/mol. The Morgan fingerprint density at radius 2 is 1.03 bits per heavy atom. The maximum absolute atomic E-state index is 11.1. The van der Waals surface area contributed by atoms with Crippen LogP contribution in [0.25, 0.3) is 22.3 Å². The van der Waals surface area contributed by atoms with Crippen LogP contribution in [0.15, 0.2) is 103 Å². The van der Waals surface area contributed by atoms with Gasteiger partial charge in [-0.1, -0.05) is 130 Å². The van der Waals surface area contributed by atoms with Gasteiger partial charge in [0.2, 0.25) is 0 Å². The van der Waals surface area contributed by atoms with E-state index in [0.29, 0.717) is 5.56 Å². The lowest BCUT2D eigenvalue weighted by Crippen LogP contribution is -2.22. The van der Waals surface area contributed by atoms with Gasteiger partial charge in [0.1, 0.15) is 0 Å². The van der Waals surface area contributed by atoms with E-state index >= 15 is 0 Å². The second kappa shape index (κ2) is 12.4. The Morgan fingerprint density at radius 1 is 0.576 bits per heavy atom. The molecule has 0 aliphatic heterocycles. The first kappa shape index (κ1) is 24.0. The van der Waals surface area contributed by atoms with Crippen LogP contribution in [0, 0.1) is 0 Å². The van der Waals surface area contributed by atoms with Crippen molar-refractivity contribution in [3.05, 3.63) is 120 Å². The monoisotopic (exact) mass is 435 g/mol. The van der Waals surface area contributed by atoms with E-state index in [-0.39, 0.29) is 5.56 Å². The van der Waals surface area contributed by atoms with Gasteiger partial charge < -0.3 is 9.90 Å². The Bertz CT molecular complexity index is 1130. The summed E-state index contributed by atoms with van der Waals surface area (Å²) < 4.78 is 0. The van der Waals surface area contributed by atoms with E-state index < -0.39 is 5.97 Å². The molecule has 0 saturated heterocycles. The number of hydrogen-bond donors (Lipinski definition) is 0. The number of aryl methyl sites for hydroxylation is 2. The van der Waals surface area contributed by atoms with Crippen molar-refractivity contribution in [3.63, 3.8) is 0 Å². The molecule has 168 valence electrons. The minimum atomic E-state index is -1.14. The molecule has 33 heavy (non-hydrogen) atoms. The second-order valence-corrected chi connectivity index (χ2v) is 8.09. The predicted octanol–water partition coefficient (Wildman–Crippen LogP) is 6.98. The molecular formula is C31H31O2-. The molecule has 0 unspecified atom stereocenters. The zero-order valence-corrected chi connectivity index (χ0v) is 19.5. The summed E-state index contributed by atoms with van der Waals surface area (Å²) in [4.78, 5) is 11.1. The zero-order chi connectivity index (χ0) is 23.5. The van der Waals surface area contributed by atoms with E-state index in [1.54, 1.807) is 18.2 Å². The Labute approximate surface area is 197 Å². The molecule has 0 fully saturated rings. The third-order valence-electron chi connectivity index (χ3n) is 5.55. The molecule has 0 aromatic heterocycles. The van der Waals surface area contributed by atoms with Crippen LogP contribution in [-0.2, 0) is 12.8 Å². The van der Waals surface area contributed by atoms with Crippen LogP contribution in [-0.4, -0.2) is 5.97 Å². The average Bonchev–Trinajstić information content (AvgIpc) is 2.86. The van der Waals surface area contributed by atoms with E-state index in [9.17, 15) is 9.90 Å². The maximum atomic E-state index is 11.1. The number of carbonyl (C=O) groups is 1. The van der Waals surface area contributed by atoms with Crippen LogP contribution in [0.4, 0.5) is 0 Å². The number of aromatic carboxylic acids is 1. The topological polar surface area (TPSA) is 40.1 Å². The molecule has 4 aromatic rings. The van der Waals surface area contributed by atoms with Crippen LogP contribution < -0.4 is 5.11 Å². The van der Waals surface area contributed by atoms with Crippen molar-refractivity contribution in [3.8, 4) is 22.3 Å². The van der Waals surface area contributed by atoms with Gasteiger partial charge in [-0.05, 0) is 46.2 Å². The molecule has 0 amide bonds. The number of carbonyl (C=O) groups excluding carboxylic acids is 1. The molecule has 0 aliphatic carbocycles. The van der Waals surface area contributed by atoms with Crippen molar-refractivity contribution < 1.29 is 9.90 Å². The number of hydrogen-bond acceptors (Lipinski definition) is 2. The molecule has 0 heterocycles. The van der Waals surface area contributed by atoms with E-state index in [1.165, 1.54) is 35.1 Å². The van der Waals surface area contributed by atoms with Gasteiger partial charge in [-0.3, -0.25) is 0 Å². The highest BCUT2D eigenvalue weighted by molar-refractivity contribution is 5.94. The van der Waals surface area contributed by atoms with Crippen LogP contribution >= 0.6 is 0 Å². The highest BCUT2D eigenvalue weighted by Crippen LogP contribution is 2.24. The van der Waals surface area contributed by atoms with Crippen LogP contribution in [0.3, 0.4) is 0 Å². The SMILES string of the molecule is CCCc1ccc(-c2ccccc2)cc1.CCCc1ccc(-c2ccccc2C(=O)[O-])cc1. The molecule has 0 bridgehead atoms. The molecule has 0 spiro atoms. The van der Waals surface area contributed by atoms with Crippen molar-refractivity contribution in [2.45, 2.75) is 39.5 Å². The molecule has 4 rings (SSSR count). The van der Waals surface area contributed by atoms with Crippen molar-refractivity contribution >= 4 is 5.97 Å². The minimum Gasteiger partial charge on any atom is -0.545 e. The summed E-state index contributed by atoms with van der Waals surface area (Å²) in [6, 6.07) is 34.3. The number of benzene rings is 4. The third-order valence-corrected chi connectivity index (χ3v) is 5.55. The van der Waals surface area contributed by atoms with E-state index in [2.05, 4.69) is 68.4 Å². The highest BCUT2D eigenvalue weighted by Gasteiger charge is 2.05. The van der Waals surface area contributed by atoms with Gasteiger partial charge in [0.05, 0.1) is 5.97 Å². The Balaban J connectivity index is 0.000000189. The van der Waals surface area contributed by atoms with Gasteiger partial charge in [-0.2, -0.15) is 0 Å². The normalized spacial score (nSPS) is 10.2. The summed E-state index contributed by atoms with van der Waals surface area (Å²) in [5.74, 6) is -1.14.